The maximum atomic E-state index is 12.7. The fraction of sp³-hybridized carbons (Fsp3) is 0.686. The Morgan fingerprint density at radius 1 is 0.411 bits per heavy atom. The van der Waals surface area contributed by atoms with Crippen LogP contribution < -0.4 is 0 Å². The first kappa shape index (κ1) is 53.1. The van der Waals surface area contributed by atoms with Crippen LogP contribution >= 0.6 is 0 Å². The zero-order chi connectivity index (χ0) is 40.7. The van der Waals surface area contributed by atoms with Gasteiger partial charge in [0, 0.05) is 19.4 Å². The Hall–Kier alpha value is -2.92. The van der Waals surface area contributed by atoms with Crippen molar-refractivity contribution >= 4 is 11.9 Å². The molecule has 0 bridgehead atoms. The molecule has 0 saturated carbocycles. The molecule has 0 aromatic heterocycles. The maximum absolute atomic E-state index is 12.7. The van der Waals surface area contributed by atoms with Crippen LogP contribution in [0.25, 0.3) is 0 Å². The number of carbonyl (C=O) groups is 2. The predicted octanol–water partition coefficient (Wildman–Crippen LogP) is 15.3. The van der Waals surface area contributed by atoms with Gasteiger partial charge in [-0.3, -0.25) is 9.59 Å². The number of hydrogen-bond acceptors (Lipinski definition) is 5. The second-order valence-corrected chi connectivity index (χ2v) is 14.9. The average molecular weight is 779 g/mol. The summed E-state index contributed by atoms with van der Waals surface area (Å²) in [5, 5.41) is 0. The summed E-state index contributed by atoms with van der Waals surface area (Å²) in [6, 6.07) is 0. The molecule has 0 spiro atoms. The molecule has 0 heterocycles. The lowest BCUT2D eigenvalue weighted by molar-refractivity contribution is -0.163. The second kappa shape index (κ2) is 46.5. The molecule has 0 radical (unpaired) electrons. The molecule has 0 aromatic carbocycles. The summed E-state index contributed by atoms with van der Waals surface area (Å²) in [7, 11) is 0. The van der Waals surface area contributed by atoms with Crippen molar-refractivity contribution in [3.63, 3.8) is 0 Å². The molecule has 0 fully saturated rings. The number of hydrogen-bond donors (Lipinski definition) is 0. The molecule has 1 atom stereocenters. The molecule has 0 aliphatic heterocycles. The van der Waals surface area contributed by atoms with Crippen molar-refractivity contribution in [1.82, 2.24) is 0 Å². The lowest BCUT2D eigenvalue weighted by atomic mass is 10.1. The molecule has 5 heteroatoms. The SMILES string of the molecule is CC/C=C\C/C=C\C/C=C\CCCCCCOCC(COC(=O)CCCCC/C=C\C/C=C\C/C=C\CC)OC(=O)CCCCCCC/C=C\CCCCCC. The Balaban J connectivity index is 4.38. The molecule has 0 aliphatic carbocycles. The maximum Gasteiger partial charge on any atom is 0.306 e. The topological polar surface area (TPSA) is 61.8 Å². The number of unbranched alkanes of at least 4 members (excludes halogenated alkanes) is 16. The minimum Gasteiger partial charge on any atom is -0.462 e. The van der Waals surface area contributed by atoms with Gasteiger partial charge in [0.2, 0.25) is 0 Å². The Bertz CT molecular complexity index is 1060. The highest BCUT2D eigenvalue weighted by Crippen LogP contribution is 2.12. The van der Waals surface area contributed by atoms with Crippen LogP contribution in [0.2, 0.25) is 0 Å². The van der Waals surface area contributed by atoms with Crippen molar-refractivity contribution in [3.05, 3.63) is 85.1 Å². The number of esters is 2. The number of rotatable bonds is 41. The first-order valence-corrected chi connectivity index (χ1v) is 23.1. The summed E-state index contributed by atoms with van der Waals surface area (Å²) >= 11 is 0. The monoisotopic (exact) mass is 779 g/mol. The summed E-state index contributed by atoms with van der Waals surface area (Å²) in [4.78, 5) is 25.3. The van der Waals surface area contributed by atoms with E-state index < -0.39 is 6.10 Å². The highest BCUT2D eigenvalue weighted by Gasteiger charge is 2.17. The van der Waals surface area contributed by atoms with E-state index >= 15 is 0 Å². The van der Waals surface area contributed by atoms with E-state index in [1.807, 2.05) is 0 Å². The van der Waals surface area contributed by atoms with E-state index in [1.54, 1.807) is 0 Å². The van der Waals surface area contributed by atoms with E-state index in [2.05, 4.69) is 106 Å². The van der Waals surface area contributed by atoms with Gasteiger partial charge in [-0.05, 0) is 109 Å². The molecule has 320 valence electrons. The fourth-order valence-corrected chi connectivity index (χ4v) is 6.00. The van der Waals surface area contributed by atoms with Crippen molar-refractivity contribution in [3.8, 4) is 0 Å². The summed E-state index contributed by atoms with van der Waals surface area (Å²) in [6.07, 6.45) is 60.1. The largest absolute Gasteiger partial charge is 0.462 e. The van der Waals surface area contributed by atoms with Gasteiger partial charge in [-0.1, -0.05) is 164 Å². The minimum atomic E-state index is -0.566. The van der Waals surface area contributed by atoms with Crippen molar-refractivity contribution in [2.24, 2.45) is 0 Å². The van der Waals surface area contributed by atoms with Gasteiger partial charge in [-0.2, -0.15) is 0 Å². The zero-order valence-corrected chi connectivity index (χ0v) is 36.6. The van der Waals surface area contributed by atoms with Crippen molar-refractivity contribution in [1.29, 1.82) is 0 Å². The molecular weight excluding hydrogens is 693 g/mol. The molecule has 5 nitrogen and oxygen atoms in total. The van der Waals surface area contributed by atoms with Crippen LogP contribution in [0, 0.1) is 0 Å². The molecule has 0 aromatic rings. The van der Waals surface area contributed by atoms with Gasteiger partial charge in [0.05, 0.1) is 6.61 Å². The van der Waals surface area contributed by atoms with Gasteiger partial charge in [-0.15, -0.1) is 0 Å². The molecular formula is C51H86O5. The predicted molar refractivity (Wildman–Crippen MR) is 242 cm³/mol. The van der Waals surface area contributed by atoms with Gasteiger partial charge in [-0.25, -0.2) is 0 Å². The van der Waals surface area contributed by atoms with Crippen LogP contribution in [0.1, 0.15) is 201 Å². The highest BCUT2D eigenvalue weighted by atomic mass is 16.6. The third-order valence-corrected chi connectivity index (χ3v) is 9.40. The van der Waals surface area contributed by atoms with E-state index in [4.69, 9.17) is 14.2 Å². The molecule has 56 heavy (non-hydrogen) atoms. The second-order valence-electron chi connectivity index (χ2n) is 14.9. The van der Waals surface area contributed by atoms with E-state index in [9.17, 15) is 9.59 Å². The third-order valence-electron chi connectivity index (χ3n) is 9.40. The standard InChI is InChI=1S/C51H86O5/c1-4-7-10-13-16-19-22-25-28-31-34-37-40-43-46-54-47-49(56-51(53)45-42-39-36-33-30-27-24-21-18-15-12-9-6-3)48-55-50(52)44-41-38-35-32-29-26-23-20-17-14-11-8-5-2/h7-8,10-11,16-17,19-21,24-26,28-29,49H,4-6,9,12-15,18,22-23,27,30-48H2,1-3H3/b10-7-,11-8-,19-16-,20-17-,24-21-,28-25-,29-26-. The molecule has 0 amide bonds. The van der Waals surface area contributed by atoms with Crippen molar-refractivity contribution in [2.75, 3.05) is 19.8 Å². The first-order valence-electron chi connectivity index (χ1n) is 23.1. The van der Waals surface area contributed by atoms with Crippen LogP contribution in [-0.2, 0) is 23.8 Å². The summed E-state index contributed by atoms with van der Waals surface area (Å²) in [5.41, 5.74) is 0. The Kier molecular flexibility index (Phi) is 44.0. The Morgan fingerprint density at radius 2 is 0.804 bits per heavy atom. The summed E-state index contributed by atoms with van der Waals surface area (Å²) in [5.74, 6) is -0.459. The van der Waals surface area contributed by atoms with Gasteiger partial charge in [0.1, 0.15) is 6.61 Å². The van der Waals surface area contributed by atoms with Crippen molar-refractivity contribution in [2.45, 2.75) is 207 Å². The molecule has 0 saturated heterocycles. The van der Waals surface area contributed by atoms with Gasteiger partial charge in [0.25, 0.3) is 0 Å². The lowest BCUT2D eigenvalue weighted by Gasteiger charge is -2.18. The van der Waals surface area contributed by atoms with Crippen LogP contribution in [0.15, 0.2) is 85.1 Å². The zero-order valence-electron chi connectivity index (χ0n) is 36.6. The summed E-state index contributed by atoms with van der Waals surface area (Å²) in [6.45, 7) is 7.48. The number of allylic oxidation sites excluding steroid dienone is 14. The van der Waals surface area contributed by atoms with Crippen LogP contribution in [-0.4, -0.2) is 37.9 Å². The van der Waals surface area contributed by atoms with Gasteiger partial charge in [0.15, 0.2) is 6.10 Å². The number of ether oxygens (including phenoxy) is 3. The van der Waals surface area contributed by atoms with Crippen molar-refractivity contribution < 1.29 is 23.8 Å². The quantitative estimate of drug-likeness (QED) is 0.0351. The summed E-state index contributed by atoms with van der Waals surface area (Å²) < 4.78 is 17.3. The van der Waals surface area contributed by atoms with Crippen LogP contribution in [0.3, 0.4) is 0 Å². The number of carbonyl (C=O) groups excluding carboxylic acids is 2. The first-order chi connectivity index (χ1) is 27.6. The Morgan fingerprint density at radius 3 is 1.32 bits per heavy atom. The van der Waals surface area contributed by atoms with Crippen LogP contribution in [0.4, 0.5) is 0 Å². The van der Waals surface area contributed by atoms with Gasteiger partial charge < -0.3 is 14.2 Å². The lowest BCUT2D eigenvalue weighted by Crippen LogP contribution is -2.30. The van der Waals surface area contributed by atoms with Gasteiger partial charge >= 0.3 is 11.9 Å². The molecule has 0 rings (SSSR count). The highest BCUT2D eigenvalue weighted by molar-refractivity contribution is 5.70. The average Bonchev–Trinajstić information content (AvgIpc) is 3.20. The van der Waals surface area contributed by atoms with E-state index in [-0.39, 0.29) is 25.2 Å². The third kappa shape index (κ3) is 43.8. The van der Waals surface area contributed by atoms with E-state index in [0.29, 0.717) is 19.4 Å². The van der Waals surface area contributed by atoms with Crippen LogP contribution in [0.5, 0.6) is 0 Å². The minimum absolute atomic E-state index is 0.0537. The smallest absolute Gasteiger partial charge is 0.306 e. The van der Waals surface area contributed by atoms with E-state index in [0.717, 1.165) is 109 Å². The normalized spacial score (nSPS) is 13.0. The fourth-order valence-electron chi connectivity index (χ4n) is 6.00. The molecule has 0 N–H and O–H groups in total. The molecule has 1 unspecified atom stereocenters. The van der Waals surface area contributed by atoms with E-state index in [1.165, 1.54) is 57.8 Å². The molecule has 0 aliphatic rings. The Labute approximate surface area is 346 Å².